The summed E-state index contributed by atoms with van der Waals surface area (Å²) in [6, 6.07) is 0. The molecule has 0 heterocycles. The van der Waals surface area contributed by atoms with Gasteiger partial charge in [0.2, 0.25) is 0 Å². The van der Waals surface area contributed by atoms with Crippen molar-refractivity contribution in [3.05, 3.63) is 24.3 Å². The number of rotatable bonds is 2. The van der Waals surface area contributed by atoms with Crippen molar-refractivity contribution in [1.29, 1.82) is 0 Å². The molecule has 0 saturated heterocycles. The highest BCUT2D eigenvalue weighted by atomic mass is 16.3. The molecule has 2 aliphatic carbocycles. The molecule has 0 aromatic carbocycles. The zero-order valence-electron chi connectivity index (χ0n) is 9.15. The Labute approximate surface area is 90.7 Å². The first-order valence-electron chi connectivity index (χ1n) is 5.68. The van der Waals surface area contributed by atoms with Crippen LogP contribution in [0, 0.1) is 17.3 Å². The second-order valence-corrected chi connectivity index (χ2v) is 4.96. The van der Waals surface area contributed by atoms with Crippen LogP contribution < -0.4 is 0 Å². The fourth-order valence-electron chi connectivity index (χ4n) is 2.97. The van der Waals surface area contributed by atoms with Crippen LogP contribution in [0.3, 0.4) is 0 Å². The molecule has 1 fully saturated rings. The van der Waals surface area contributed by atoms with E-state index in [4.69, 9.17) is 5.11 Å². The highest BCUT2D eigenvalue weighted by Crippen LogP contribution is 2.49. The molecule has 2 atom stereocenters. The highest BCUT2D eigenvalue weighted by Gasteiger charge is 2.40. The first kappa shape index (κ1) is 10.6. The third kappa shape index (κ3) is 2.05. The minimum Gasteiger partial charge on any atom is -0.396 e. The molecular formula is C13H18O2. The van der Waals surface area contributed by atoms with Crippen molar-refractivity contribution in [3.8, 4) is 0 Å². The second kappa shape index (κ2) is 3.93. The van der Waals surface area contributed by atoms with Gasteiger partial charge in [0.05, 0.1) is 0 Å². The first-order chi connectivity index (χ1) is 7.15. The van der Waals surface area contributed by atoms with Crippen LogP contribution in [0.2, 0.25) is 0 Å². The molecule has 0 bridgehead atoms. The Balaban J connectivity index is 2.10. The van der Waals surface area contributed by atoms with Crippen LogP contribution in [0.4, 0.5) is 0 Å². The Morgan fingerprint density at radius 2 is 2.07 bits per heavy atom. The predicted molar refractivity (Wildman–Crippen MR) is 59.3 cm³/mol. The van der Waals surface area contributed by atoms with Gasteiger partial charge >= 0.3 is 0 Å². The Kier molecular flexibility index (Phi) is 2.79. The van der Waals surface area contributed by atoms with Gasteiger partial charge in [-0.25, -0.2) is 0 Å². The maximum atomic E-state index is 11.1. The average molecular weight is 206 g/mol. The van der Waals surface area contributed by atoms with Crippen molar-refractivity contribution in [1.82, 2.24) is 0 Å². The number of carbonyl (C=O) groups excluding carboxylic acids is 1. The molecule has 2 heteroatoms. The van der Waals surface area contributed by atoms with E-state index in [1.807, 2.05) is 0 Å². The van der Waals surface area contributed by atoms with E-state index in [0.717, 1.165) is 19.3 Å². The average Bonchev–Trinajstić information content (AvgIpc) is 2.50. The van der Waals surface area contributed by atoms with E-state index in [1.54, 1.807) is 12.2 Å². The molecule has 82 valence electrons. The Hall–Kier alpha value is -0.890. The lowest BCUT2D eigenvalue weighted by Gasteiger charge is -2.23. The molecule has 0 aromatic heterocycles. The van der Waals surface area contributed by atoms with Gasteiger partial charge in [0.1, 0.15) is 0 Å². The molecule has 0 aromatic rings. The normalized spacial score (nSPS) is 32.8. The molecule has 2 nitrogen and oxygen atoms in total. The standard InChI is InChI=1S/C13H18O2/c1-10-8-13(9-11(10)4-7-14)5-2-12(15)3-6-13/h2-3,5-6,10-11,14H,4,7-9H2,1H3/t10?,11-/m1/s1. The number of allylic oxidation sites excluding steroid dienone is 4. The van der Waals surface area contributed by atoms with Gasteiger partial charge in [0.25, 0.3) is 0 Å². The molecule has 1 spiro atoms. The molecule has 1 N–H and O–H groups in total. The van der Waals surface area contributed by atoms with Crippen LogP contribution in [-0.4, -0.2) is 17.5 Å². The third-order valence-electron chi connectivity index (χ3n) is 3.81. The summed E-state index contributed by atoms with van der Waals surface area (Å²) in [5.41, 5.74) is 0.104. The van der Waals surface area contributed by atoms with E-state index < -0.39 is 0 Å². The monoisotopic (exact) mass is 206 g/mol. The van der Waals surface area contributed by atoms with Crippen molar-refractivity contribution >= 4 is 5.78 Å². The fraction of sp³-hybridized carbons (Fsp3) is 0.615. The van der Waals surface area contributed by atoms with Crippen molar-refractivity contribution in [2.75, 3.05) is 6.61 Å². The van der Waals surface area contributed by atoms with Gasteiger partial charge in [0, 0.05) is 12.0 Å². The quantitative estimate of drug-likeness (QED) is 0.751. The summed E-state index contributed by atoms with van der Waals surface area (Å²) in [5.74, 6) is 1.33. The largest absolute Gasteiger partial charge is 0.396 e. The topological polar surface area (TPSA) is 37.3 Å². The summed E-state index contributed by atoms with van der Waals surface area (Å²) < 4.78 is 0. The van der Waals surface area contributed by atoms with E-state index >= 15 is 0 Å². The van der Waals surface area contributed by atoms with Crippen molar-refractivity contribution < 1.29 is 9.90 Å². The van der Waals surface area contributed by atoms with E-state index in [9.17, 15) is 4.79 Å². The third-order valence-corrected chi connectivity index (χ3v) is 3.81. The molecule has 0 amide bonds. The summed E-state index contributed by atoms with van der Waals surface area (Å²) in [7, 11) is 0. The second-order valence-electron chi connectivity index (χ2n) is 4.96. The fourth-order valence-corrected chi connectivity index (χ4v) is 2.97. The number of aliphatic hydroxyl groups is 1. The molecule has 1 unspecified atom stereocenters. The van der Waals surface area contributed by atoms with Crippen LogP contribution in [0.5, 0.6) is 0 Å². The summed E-state index contributed by atoms with van der Waals surface area (Å²) in [4.78, 5) is 11.1. The van der Waals surface area contributed by atoms with Gasteiger partial charge in [-0.1, -0.05) is 19.1 Å². The zero-order chi connectivity index (χ0) is 10.9. The smallest absolute Gasteiger partial charge is 0.178 e. The van der Waals surface area contributed by atoms with E-state index in [1.165, 1.54) is 0 Å². The molecule has 0 radical (unpaired) electrons. The first-order valence-corrected chi connectivity index (χ1v) is 5.68. The van der Waals surface area contributed by atoms with Gasteiger partial charge in [0.15, 0.2) is 5.78 Å². The minimum absolute atomic E-state index is 0.0962. The Bertz CT molecular complexity index is 298. The van der Waals surface area contributed by atoms with Crippen molar-refractivity contribution in [2.45, 2.75) is 26.2 Å². The summed E-state index contributed by atoms with van der Waals surface area (Å²) in [6.45, 7) is 2.52. The number of ketones is 1. The molecular weight excluding hydrogens is 188 g/mol. The number of hydrogen-bond donors (Lipinski definition) is 1. The van der Waals surface area contributed by atoms with Gasteiger partial charge in [-0.3, -0.25) is 4.79 Å². The predicted octanol–water partition coefficient (Wildman–Crippen LogP) is 2.10. The van der Waals surface area contributed by atoms with E-state index in [0.29, 0.717) is 11.8 Å². The lowest BCUT2D eigenvalue weighted by molar-refractivity contribution is -0.110. The van der Waals surface area contributed by atoms with Gasteiger partial charge in [-0.05, 0) is 43.3 Å². The maximum absolute atomic E-state index is 11.1. The molecule has 15 heavy (non-hydrogen) atoms. The van der Waals surface area contributed by atoms with Crippen LogP contribution in [0.1, 0.15) is 26.2 Å². The van der Waals surface area contributed by atoms with Crippen LogP contribution in [0.15, 0.2) is 24.3 Å². The summed E-state index contributed by atoms with van der Waals surface area (Å²) in [6.07, 6.45) is 10.6. The Morgan fingerprint density at radius 1 is 1.40 bits per heavy atom. The highest BCUT2D eigenvalue weighted by molar-refractivity contribution is 6.00. The van der Waals surface area contributed by atoms with Gasteiger partial charge in [-0.15, -0.1) is 0 Å². The van der Waals surface area contributed by atoms with Crippen molar-refractivity contribution in [3.63, 3.8) is 0 Å². The molecule has 0 aliphatic heterocycles. The zero-order valence-corrected chi connectivity index (χ0v) is 9.15. The van der Waals surface area contributed by atoms with Gasteiger partial charge in [-0.2, -0.15) is 0 Å². The van der Waals surface area contributed by atoms with Crippen molar-refractivity contribution in [2.24, 2.45) is 17.3 Å². The maximum Gasteiger partial charge on any atom is 0.178 e. The number of aliphatic hydroxyl groups excluding tert-OH is 1. The summed E-state index contributed by atoms with van der Waals surface area (Å²) in [5, 5.41) is 8.98. The molecule has 1 saturated carbocycles. The molecule has 2 aliphatic rings. The van der Waals surface area contributed by atoms with E-state index in [-0.39, 0.29) is 17.8 Å². The van der Waals surface area contributed by atoms with Crippen LogP contribution in [0.25, 0.3) is 0 Å². The summed E-state index contributed by atoms with van der Waals surface area (Å²) >= 11 is 0. The lowest BCUT2D eigenvalue weighted by atomic mass is 9.81. The van der Waals surface area contributed by atoms with Gasteiger partial charge < -0.3 is 5.11 Å². The SMILES string of the molecule is CC1CC2(C=CC(=O)C=C2)C[C@H]1CCO. The lowest BCUT2D eigenvalue weighted by Crippen LogP contribution is -2.14. The number of carbonyl (C=O) groups is 1. The molecule has 2 rings (SSSR count). The minimum atomic E-state index is 0.0962. The van der Waals surface area contributed by atoms with Crippen LogP contribution >= 0.6 is 0 Å². The number of hydrogen-bond acceptors (Lipinski definition) is 2. The van der Waals surface area contributed by atoms with Crippen LogP contribution in [-0.2, 0) is 4.79 Å². The van der Waals surface area contributed by atoms with E-state index in [2.05, 4.69) is 19.1 Å². The Morgan fingerprint density at radius 3 is 2.67 bits per heavy atom.